The van der Waals surface area contributed by atoms with Crippen molar-refractivity contribution in [2.45, 2.75) is 45.1 Å². The maximum Gasteiger partial charge on any atom is 0.127 e. The zero-order valence-corrected chi connectivity index (χ0v) is 11.3. The standard InChI is InChI=1S/C15H23NO/c1-15(2,3)12-8-5-7-11-13(16-4)9-6-10-17-14(11)12/h5,7-8,13,16H,6,9-10H2,1-4H3. The van der Waals surface area contributed by atoms with Crippen LogP contribution in [0.5, 0.6) is 5.75 Å². The van der Waals surface area contributed by atoms with E-state index in [1.54, 1.807) is 0 Å². The van der Waals surface area contributed by atoms with Crippen molar-refractivity contribution in [3.8, 4) is 5.75 Å². The minimum atomic E-state index is 0.133. The summed E-state index contributed by atoms with van der Waals surface area (Å²) in [5, 5.41) is 3.40. The van der Waals surface area contributed by atoms with Crippen molar-refractivity contribution < 1.29 is 4.74 Å². The van der Waals surface area contributed by atoms with Gasteiger partial charge in [-0.2, -0.15) is 0 Å². The molecule has 1 unspecified atom stereocenters. The predicted molar refractivity (Wildman–Crippen MR) is 71.7 cm³/mol. The topological polar surface area (TPSA) is 21.3 Å². The maximum atomic E-state index is 6.00. The lowest BCUT2D eigenvalue weighted by Crippen LogP contribution is -2.18. The number of para-hydroxylation sites is 1. The molecule has 0 amide bonds. The molecule has 0 saturated carbocycles. The van der Waals surface area contributed by atoms with Gasteiger partial charge in [0.25, 0.3) is 0 Å². The van der Waals surface area contributed by atoms with E-state index in [2.05, 4.69) is 44.3 Å². The van der Waals surface area contributed by atoms with E-state index >= 15 is 0 Å². The van der Waals surface area contributed by atoms with Crippen LogP contribution in [0.2, 0.25) is 0 Å². The Morgan fingerprint density at radius 1 is 1.29 bits per heavy atom. The molecule has 94 valence electrons. The Bertz CT molecular complexity index is 392. The van der Waals surface area contributed by atoms with E-state index in [9.17, 15) is 0 Å². The van der Waals surface area contributed by atoms with Gasteiger partial charge in [0, 0.05) is 11.6 Å². The Labute approximate surface area is 104 Å². The fourth-order valence-electron chi connectivity index (χ4n) is 2.50. The van der Waals surface area contributed by atoms with E-state index in [-0.39, 0.29) is 5.41 Å². The molecule has 2 nitrogen and oxygen atoms in total. The van der Waals surface area contributed by atoms with Gasteiger partial charge in [0.1, 0.15) is 5.75 Å². The van der Waals surface area contributed by atoms with Crippen molar-refractivity contribution in [1.29, 1.82) is 0 Å². The Balaban J connectivity index is 2.52. The molecule has 2 rings (SSSR count). The molecule has 0 fully saturated rings. The Morgan fingerprint density at radius 2 is 2.06 bits per heavy atom. The molecule has 1 N–H and O–H groups in total. The van der Waals surface area contributed by atoms with Gasteiger partial charge in [-0.3, -0.25) is 0 Å². The molecule has 1 aromatic carbocycles. The Kier molecular flexibility index (Phi) is 3.43. The predicted octanol–water partition coefficient (Wildman–Crippen LogP) is 3.42. The second kappa shape index (κ2) is 4.69. The second-order valence-electron chi connectivity index (χ2n) is 5.81. The zero-order valence-electron chi connectivity index (χ0n) is 11.3. The first kappa shape index (κ1) is 12.4. The van der Waals surface area contributed by atoms with Gasteiger partial charge in [-0.15, -0.1) is 0 Å². The van der Waals surface area contributed by atoms with E-state index in [4.69, 9.17) is 4.74 Å². The molecule has 17 heavy (non-hydrogen) atoms. The highest BCUT2D eigenvalue weighted by Gasteiger charge is 2.25. The minimum absolute atomic E-state index is 0.133. The van der Waals surface area contributed by atoms with Crippen LogP contribution in [0.1, 0.15) is 50.8 Å². The number of fused-ring (bicyclic) bond motifs is 1. The maximum absolute atomic E-state index is 6.00. The fourth-order valence-corrected chi connectivity index (χ4v) is 2.50. The molecule has 0 aromatic heterocycles. The molecular weight excluding hydrogens is 210 g/mol. The Morgan fingerprint density at radius 3 is 2.71 bits per heavy atom. The average molecular weight is 233 g/mol. The van der Waals surface area contributed by atoms with E-state index in [0.717, 1.165) is 25.2 Å². The number of rotatable bonds is 1. The SMILES string of the molecule is CNC1CCCOc2c1cccc2C(C)(C)C. The van der Waals surface area contributed by atoms with Crippen molar-refractivity contribution in [2.24, 2.45) is 0 Å². The van der Waals surface area contributed by atoms with Crippen molar-refractivity contribution >= 4 is 0 Å². The van der Waals surface area contributed by atoms with Gasteiger partial charge in [-0.25, -0.2) is 0 Å². The summed E-state index contributed by atoms with van der Waals surface area (Å²) in [6.45, 7) is 7.56. The molecule has 0 spiro atoms. The highest BCUT2D eigenvalue weighted by atomic mass is 16.5. The van der Waals surface area contributed by atoms with Gasteiger partial charge in [0.05, 0.1) is 6.61 Å². The minimum Gasteiger partial charge on any atom is -0.493 e. The Hall–Kier alpha value is -1.02. The number of ether oxygens (including phenoxy) is 1. The number of hydrogen-bond acceptors (Lipinski definition) is 2. The van der Waals surface area contributed by atoms with Crippen LogP contribution >= 0.6 is 0 Å². The van der Waals surface area contributed by atoms with Crippen LogP contribution in [-0.2, 0) is 5.41 Å². The summed E-state index contributed by atoms with van der Waals surface area (Å²) in [5.74, 6) is 1.11. The average Bonchev–Trinajstić information content (AvgIpc) is 2.48. The van der Waals surface area contributed by atoms with Gasteiger partial charge in [0.15, 0.2) is 0 Å². The molecular formula is C15H23NO. The first-order valence-corrected chi connectivity index (χ1v) is 6.47. The summed E-state index contributed by atoms with van der Waals surface area (Å²) in [5.41, 5.74) is 2.77. The summed E-state index contributed by atoms with van der Waals surface area (Å²) in [7, 11) is 2.03. The molecule has 0 bridgehead atoms. The molecule has 1 aliphatic heterocycles. The number of nitrogens with one attached hydrogen (secondary N) is 1. The van der Waals surface area contributed by atoms with Crippen LogP contribution in [0.15, 0.2) is 18.2 Å². The third-order valence-corrected chi connectivity index (χ3v) is 3.46. The summed E-state index contributed by atoms with van der Waals surface area (Å²) in [4.78, 5) is 0. The third kappa shape index (κ3) is 2.47. The van der Waals surface area contributed by atoms with Crippen molar-refractivity contribution in [1.82, 2.24) is 5.32 Å². The first-order chi connectivity index (χ1) is 8.04. The molecule has 0 saturated heterocycles. The smallest absolute Gasteiger partial charge is 0.127 e. The lowest BCUT2D eigenvalue weighted by molar-refractivity contribution is 0.307. The summed E-state index contributed by atoms with van der Waals surface area (Å²) in [6, 6.07) is 6.96. The molecule has 1 aliphatic rings. The van der Waals surface area contributed by atoms with E-state index < -0.39 is 0 Å². The number of benzene rings is 1. The summed E-state index contributed by atoms with van der Waals surface area (Å²) < 4.78 is 6.00. The van der Waals surface area contributed by atoms with Gasteiger partial charge < -0.3 is 10.1 Å². The van der Waals surface area contributed by atoms with Crippen LogP contribution in [0.3, 0.4) is 0 Å². The lowest BCUT2D eigenvalue weighted by Gasteiger charge is -2.25. The molecule has 1 atom stereocenters. The molecule has 0 radical (unpaired) electrons. The second-order valence-corrected chi connectivity index (χ2v) is 5.81. The van der Waals surface area contributed by atoms with Crippen LogP contribution in [0.4, 0.5) is 0 Å². The molecule has 0 aliphatic carbocycles. The third-order valence-electron chi connectivity index (χ3n) is 3.46. The highest BCUT2D eigenvalue weighted by molar-refractivity contribution is 5.47. The van der Waals surface area contributed by atoms with Gasteiger partial charge in [-0.05, 0) is 30.9 Å². The largest absolute Gasteiger partial charge is 0.493 e. The van der Waals surface area contributed by atoms with Crippen LogP contribution in [0.25, 0.3) is 0 Å². The highest BCUT2D eigenvalue weighted by Crippen LogP contribution is 2.39. The van der Waals surface area contributed by atoms with Crippen LogP contribution < -0.4 is 10.1 Å². The van der Waals surface area contributed by atoms with Gasteiger partial charge >= 0.3 is 0 Å². The van der Waals surface area contributed by atoms with Gasteiger partial charge in [0.2, 0.25) is 0 Å². The van der Waals surface area contributed by atoms with Gasteiger partial charge in [-0.1, -0.05) is 39.0 Å². The summed E-state index contributed by atoms with van der Waals surface area (Å²) >= 11 is 0. The quantitative estimate of drug-likeness (QED) is 0.802. The van der Waals surface area contributed by atoms with Crippen molar-refractivity contribution in [3.05, 3.63) is 29.3 Å². The monoisotopic (exact) mass is 233 g/mol. The van der Waals surface area contributed by atoms with Crippen molar-refractivity contribution in [2.75, 3.05) is 13.7 Å². The van der Waals surface area contributed by atoms with Crippen LogP contribution in [0, 0.1) is 0 Å². The first-order valence-electron chi connectivity index (χ1n) is 6.47. The molecule has 1 heterocycles. The lowest BCUT2D eigenvalue weighted by atomic mass is 9.84. The zero-order chi connectivity index (χ0) is 12.5. The van der Waals surface area contributed by atoms with E-state index in [1.807, 2.05) is 7.05 Å². The van der Waals surface area contributed by atoms with E-state index in [1.165, 1.54) is 11.1 Å². The number of hydrogen-bond donors (Lipinski definition) is 1. The molecule has 2 heteroatoms. The molecule has 1 aromatic rings. The van der Waals surface area contributed by atoms with E-state index in [0.29, 0.717) is 6.04 Å². The van der Waals surface area contributed by atoms with Crippen LogP contribution in [-0.4, -0.2) is 13.7 Å². The fraction of sp³-hybridized carbons (Fsp3) is 0.600. The summed E-state index contributed by atoms with van der Waals surface area (Å²) in [6.07, 6.45) is 2.26. The normalized spacial score (nSPS) is 20.4. The van der Waals surface area contributed by atoms with Crippen molar-refractivity contribution in [3.63, 3.8) is 0 Å².